The molecule has 108 valence electrons. The number of rotatable bonds is 6. The summed E-state index contributed by atoms with van der Waals surface area (Å²) in [4.78, 5) is 0. The summed E-state index contributed by atoms with van der Waals surface area (Å²) in [5.41, 5.74) is -2.01. The zero-order valence-corrected chi connectivity index (χ0v) is 12.1. The maximum atomic E-state index is 9.10. The third-order valence-electron chi connectivity index (χ3n) is 2.52. The van der Waals surface area contributed by atoms with Crippen molar-refractivity contribution in [2.24, 2.45) is 0 Å². The lowest BCUT2D eigenvalue weighted by Gasteiger charge is -2.31. The van der Waals surface area contributed by atoms with Crippen LogP contribution in [0.4, 0.5) is 0 Å². The van der Waals surface area contributed by atoms with Crippen LogP contribution in [0.25, 0.3) is 0 Å². The fraction of sp³-hybridized carbons (Fsp3) is 0.833. The molecule has 0 fully saturated rings. The lowest BCUT2D eigenvalue weighted by Crippen LogP contribution is -2.44. The van der Waals surface area contributed by atoms with Gasteiger partial charge in [-0.15, -0.1) is 0 Å². The maximum Gasteiger partial charge on any atom is 0.707 e. The maximum absolute atomic E-state index is 9.10. The van der Waals surface area contributed by atoms with Gasteiger partial charge in [-0.3, -0.25) is 0 Å². The van der Waals surface area contributed by atoms with Crippen LogP contribution in [-0.4, -0.2) is 38.8 Å². The van der Waals surface area contributed by atoms with Crippen molar-refractivity contribution in [1.29, 1.82) is 0 Å². The van der Waals surface area contributed by atoms with Crippen LogP contribution in [0.2, 0.25) is 0 Å². The summed E-state index contributed by atoms with van der Waals surface area (Å²) >= 11 is 0. The van der Waals surface area contributed by atoms with E-state index >= 15 is 0 Å². The van der Waals surface area contributed by atoms with Crippen molar-refractivity contribution in [2.45, 2.75) is 65.1 Å². The molecule has 6 heteroatoms. The summed E-state index contributed by atoms with van der Waals surface area (Å²) in [6.45, 7) is 8.40. The van der Waals surface area contributed by atoms with E-state index in [-0.39, 0.29) is 0 Å². The van der Waals surface area contributed by atoms with E-state index in [2.05, 4.69) is 11.6 Å². The summed E-state index contributed by atoms with van der Waals surface area (Å²) in [7, 11) is -1.68. The molecular weight excluding hydrogens is 235 g/mol. The predicted molar refractivity (Wildman–Crippen MR) is 72.5 cm³/mol. The minimum Gasteiger partial charge on any atom is -0.519 e. The Bertz CT molecular complexity index is 203. The highest BCUT2D eigenvalue weighted by Gasteiger charge is 2.31. The normalized spacial score (nSPS) is 12.1. The summed E-state index contributed by atoms with van der Waals surface area (Å²) < 4.78 is 4.32. The standard InChI is InChI=1S/C6H13BO3.C6H14O2/c1-2-3-4-5-6-10-7(8)9;1-5(2,7)6(3,4)8/h5-6,8-9H,2-4H2,1H3;7-8H,1-4H3. The number of hydrogen-bond acceptors (Lipinski definition) is 5. The molecule has 5 nitrogen and oxygen atoms in total. The van der Waals surface area contributed by atoms with Crippen molar-refractivity contribution in [3.8, 4) is 0 Å². The molecule has 0 aliphatic carbocycles. The van der Waals surface area contributed by atoms with Crippen LogP contribution < -0.4 is 0 Å². The highest BCUT2D eigenvalue weighted by atomic mass is 16.6. The molecule has 0 aromatic carbocycles. The first-order valence-electron chi connectivity index (χ1n) is 6.13. The van der Waals surface area contributed by atoms with Crippen molar-refractivity contribution in [3.63, 3.8) is 0 Å². The van der Waals surface area contributed by atoms with Crippen molar-refractivity contribution in [1.82, 2.24) is 0 Å². The minimum absolute atomic E-state index is 0.920. The molecule has 0 rings (SSSR count). The third-order valence-corrected chi connectivity index (χ3v) is 2.52. The molecule has 18 heavy (non-hydrogen) atoms. The highest BCUT2D eigenvalue weighted by molar-refractivity contribution is 6.32. The van der Waals surface area contributed by atoms with Crippen LogP contribution in [0.3, 0.4) is 0 Å². The Morgan fingerprint density at radius 1 is 1.06 bits per heavy atom. The quantitative estimate of drug-likeness (QED) is 0.328. The predicted octanol–water partition coefficient (Wildman–Crippen LogP) is 1.20. The van der Waals surface area contributed by atoms with Crippen molar-refractivity contribution < 1.29 is 24.9 Å². The molecule has 0 aromatic rings. The van der Waals surface area contributed by atoms with Gasteiger partial charge < -0.3 is 24.9 Å². The van der Waals surface area contributed by atoms with Crippen LogP contribution >= 0.6 is 0 Å². The smallest absolute Gasteiger partial charge is 0.519 e. The van der Waals surface area contributed by atoms with E-state index in [9.17, 15) is 0 Å². The lowest BCUT2D eigenvalue weighted by molar-refractivity contribution is -0.107. The Balaban J connectivity index is 0. The molecule has 0 atom stereocenters. The number of allylic oxidation sites excluding steroid dienone is 1. The van der Waals surface area contributed by atoms with E-state index in [4.69, 9.17) is 20.3 Å². The molecule has 0 spiro atoms. The molecule has 0 saturated heterocycles. The fourth-order valence-corrected chi connectivity index (χ4v) is 0.516. The van der Waals surface area contributed by atoms with Crippen molar-refractivity contribution in [3.05, 3.63) is 12.3 Å². The Hall–Kier alpha value is -0.555. The topological polar surface area (TPSA) is 90.2 Å². The van der Waals surface area contributed by atoms with E-state index in [1.165, 1.54) is 6.26 Å². The first-order chi connectivity index (χ1) is 8.02. The van der Waals surface area contributed by atoms with E-state index in [1.807, 2.05) is 0 Å². The lowest BCUT2D eigenvalue weighted by atomic mass is 9.90. The Labute approximate surface area is 110 Å². The SMILES string of the molecule is CC(C)(O)C(C)(C)O.CCCCC=COB(O)O. The van der Waals surface area contributed by atoms with Crippen LogP contribution in [0.1, 0.15) is 53.9 Å². The Morgan fingerprint density at radius 2 is 1.50 bits per heavy atom. The van der Waals surface area contributed by atoms with E-state index in [1.54, 1.807) is 33.8 Å². The molecule has 0 aliphatic heterocycles. The van der Waals surface area contributed by atoms with Gasteiger partial charge in [-0.25, -0.2) is 0 Å². The number of unbranched alkanes of at least 4 members (excludes halogenated alkanes) is 2. The monoisotopic (exact) mass is 262 g/mol. The number of aliphatic hydroxyl groups is 2. The fourth-order valence-electron chi connectivity index (χ4n) is 0.516. The van der Waals surface area contributed by atoms with Gasteiger partial charge in [0.2, 0.25) is 0 Å². The summed E-state index contributed by atoms with van der Waals surface area (Å²) in [6.07, 6.45) is 6.22. The molecule has 0 amide bonds. The van der Waals surface area contributed by atoms with Crippen LogP contribution in [0.15, 0.2) is 12.3 Å². The Morgan fingerprint density at radius 3 is 1.78 bits per heavy atom. The van der Waals surface area contributed by atoms with E-state index < -0.39 is 18.5 Å². The third kappa shape index (κ3) is 13.5. The molecule has 0 bridgehead atoms. The molecule has 4 N–H and O–H groups in total. The second-order valence-corrected chi connectivity index (χ2v) is 5.09. The zero-order valence-electron chi connectivity index (χ0n) is 12.1. The zero-order chi connectivity index (χ0) is 14.8. The first kappa shape index (κ1) is 19.8. The van der Waals surface area contributed by atoms with Crippen LogP contribution in [0.5, 0.6) is 0 Å². The van der Waals surface area contributed by atoms with Gasteiger partial charge in [0.05, 0.1) is 17.5 Å². The molecule has 0 aliphatic rings. The van der Waals surface area contributed by atoms with E-state index in [0.29, 0.717) is 0 Å². The first-order valence-corrected chi connectivity index (χ1v) is 6.13. The van der Waals surface area contributed by atoms with Gasteiger partial charge >= 0.3 is 7.32 Å². The van der Waals surface area contributed by atoms with Crippen molar-refractivity contribution in [2.75, 3.05) is 0 Å². The average molecular weight is 262 g/mol. The van der Waals surface area contributed by atoms with E-state index in [0.717, 1.165) is 19.3 Å². The molecule has 0 unspecified atom stereocenters. The van der Waals surface area contributed by atoms with Gasteiger partial charge in [0.25, 0.3) is 0 Å². The summed E-state index contributed by atoms with van der Waals surface area (Å²) in [5.74, 6) is 0. The Kier molecular flexibility index (Phi) is 10.3. The molecular formula is C12H27BO5. The van der Waals surface area contributed by atoms with Gasteiger partial charge in [0.1, 0.15) is 0 Å². The van der Waals surface area contributed by atoms with Gasteiger partial charge in [-0.2, -0.15) is 0 Å². The highest BCUT2D eigenvalue weighted by Crippen LogP contribution is 2.19. The second kappa shape index (κ2) is 9.38. The van der Waals surface area contributed by atoms with Crippen molar-refractivity contribution >= 4 is 7.32 Å². The molecule has 0 heterocycles. The van der Waals surface area contributed by atoms with Crippen LogP contribution in [-0.2, 0) is 4.65 Å². The average Bonchev–Trinajstić information content (AvgIpc) is 2.14. The molecule has 0 aromatic heterocycles. The summed E-state index contributed by atoms with van der Waals surface area (Å²) in [5, 5.41) is 34.6. The minimum atomic E-state index is -1.68. The van der Waals surface area contributed by atoms with Crippen LogP contribution in [0, 0.1) is 0 Å². The second-order valence-electron chi connectivity index (χ2n) is 5.09. The van der Waals surface area contributed by atoms with Gasteiger partial charge in [-0.05, 0) is 40.5 Å². The van der Waals surface area contributed by atoms with Gasteiger partial charge in [0.15, 0.2) is 0 Å². The van der Waals surface area contributed by atoms with Gasteiger partial charge in [-0.1, -0.05) is 19.4 Å². The molecule has 0 saturated carbocycles. The number of hydrogen-bond donors (Lipinski definition) is 4. The summed E-state index contributed by atoms with van der Waals surface area (Å²) in [6, 6.07) is 0. The van der Waals surface area contributed by atoms with Gasteiger partial charge in [0, 0.05) is 0 Å². The molecule has 0 radical (unpaired) electrons. The largest absolute Gasteiger partial charge is 0.707 e.